The Hall–Kier alpha value is -0.240. The summed E-state index contributed by atoms with van der Waals surface area (Å²) in [5.41, 5.74) is 0. The fourth-order valence-corrected chi connectivity index (χ4v) is 2.12. The lowest BCUT2D eigenvalue weighted by molar-refractivity contribution is -0.310. The molecule has 16 heavy (non-hydrogen) atoms. The zero-order valence-electron chi connectivity index (χ0n) is 10.2. The highest BCUT2D eigenvalue weighted by Crippen LogP contribution is 2.28. The van der Waals surface area contributed by atoms with E-state index in [0.29, 0.717) is 0 Å². The molecule has 0 unspecified atom stereocenters. The van der Waals surface area contributed by atoms with Crippen molar-refractivity contribution in [3.05, 3.63) is 0 Å². The lowest BCUT2D eigenvalue weighted by Crippen LogP contribution is -2.60. The molecule has 0 radical (unpaired) electrons. The lowest BCUT2D eigenvalue weighted by atomic mass is 9.97. The Balaban J connectivity index is 2.85. The van der Waals surface area contributed by atoms with Crippen LogP contribution in [0.1, 0.15) is 13.3 Å². The first-order valence-corrected chi connectivity index (χ1v) is 5.32. The van der Waals surface area contributed by atoms with Crippen LogP contribution in [0.4, 0.5) is 0 Å². The molecule has 2 N–H and O–H groups in total. The predicted octanol–water partition coefficient (Wildman–Crippen LogP) is 0.0566. The molecular formula is C10H21NO5. The minimum atomic E-state index is -0.633. The topological polar surface area (TPSA) is 72.2 Å². The molecule has 5 atom stereocenters. The molecule has 6 nitrogen and oxygen atoms in total. The number of ether oxygens (including phenoxy) is 4. The van der Waals surface area contributed by atoms with Gasteiger partial charge in [0.2, 0.25) is 6.29 Å². The summed E-state index contributed by atoms with van der Waals surface area (Å²) in [5, 5.41) is 0. The van der Waals surface area contributed by atoms with E-state index in [9.17, 15) is 0 Å². The standard InChI is InChI=1S/C10H21NO5/c1-5-6-7(12-2)8(13-3)9(14-4)10(15-6)16-11/h6-10H,5,11H2,1-4H3/t6-,7-,8+,9+,10-/m0/s1. The van der Waals surface area contributed by atoms with Crippen LogP contribution in [0.25, 0.3) is 0 Å². The molecule has 1 aliphatic rings. The third-order valence-corrected chi connectivity index (χ3v) is 2.94. The Morgan fingerprint density at radius 2 is 1.56 bits per heavy atom. The molecule has 0 aliphatic carbocycles. The van der Waals surface area contributed by atoms with Gasteiger partial charge in [0.1, 0.15) is 18.3 Å². The third-order valence-electron chi connectivity index (χ3n) is 2.94. The Morgan fingerprint density at radius 3 is 1.94 bits per heavy atom. The van der Waals surface area contributed by atoms with Gasteiger partial charge in [0.05, 0.1) is 6.10 Å². The minimum absolute atomic E-state index is 0.116. The molecule has 0 saturated carbocycles. The van der Waals surface area contributed by atoms with Crippen molar-refractivity contribution in [2.75, 3.05) is 21.3 Å². The summed E-state index contributed by atoms with van der Waals surface area (Å²) in [4.78, 5) is 4.77. The van der Waals surface area contributed by atoms with Gasteiger partial charge in [0.15, 0.2) is 0 Å². The Kier molecular flexibility index (Phi) is 5.60. The second-order valence-electron chi connectivity index (χ2n) is 3.69. The van der Waals surface area contributed by atoms with Crippen LogP contribution >= 0.6 is 0 Å². The molecule has 96 valence electrons. The molecule has 0 aromatic rings. The summed E-state index contributed by atoms with van der Waals surface area (Å²) >= 11 is 0. The van der Waals surface area contributed by atoms with Crippen molar-refractivity contribution < 1.29 is 23.8 Å². The quantitative estimate of drug-likeness (QED) is 0.679. The van der Waals surface area contributed by atoms with Crippen molar-refractivity contribution in [2.45, 2.75) is 44.1 Å². The highest BCUT2D eigenvalue weighted by molar-refractivity contribution is 4.91. The van der Waals surface area contributed by atoms with Gasteiger partial charge in [-0.25, -0.2) is 5.90 Å². The molecule has 1 heterocycles. The molecular weight excluding hydrogens is 214 g/mol. The summed E-state index contributed by atoms with van der Waals surface area (Å²) in [7, 11) is 4.79. The molecule has 0 bridgehead atoms. The first-order chi connectivity index (χ1) is 7.73. The van der Waals surface area contributed by atoms with Gasteiger partial charge in [-0.05, 0) is 6.42 Å². The molecule has 1 rings (SSSR count). The maximum atomic E-state index is 5.65. The number of rotatable bonds is 5. The van der Waals surface area contributed by atoms with E-state index in [4.69, 9.17) is 29.7 Å². The third kappa shape index (κ3) is 2.53. The molecule has 0 aromatic heterocycles. The van der Waals surface area contributed by atoms with Crippen molar-refractivity contribution in [3.8, 4) is 0 Å². The average molecular weight is 235 g/mol. The average Bonchev–Trinajstić information content (AvgIpc) is 2.35. The number of hydrogen-bond acceptors (Lipinski definition) is 6. The summed E-state index contributed by atoms with van der Waals surface area (Å²) < 4.78 is 21.7. The van der Waals surface area contributed by atoms with E-state index < -0.39 is 12.4 Å². The van der Waals surface area contributed by atoms with Gasteiger partial charge in [-0.15, -0.1) is 0 Å². The SMILES string of the molecule is CC[C@@H]1O[C@@H](ON)[C@H](OC)[C@H](OC)[C@H]1OC. The van der Waals surface area contributed by atoms with Crippen molar-refractivity contribution >= 4 is 0 Å². The van der Waals surface area contributed by atoms with E-state index in [0.717, 1.165) is 6.42 Å². The fraction of sp³-hybridized carbons (Fsp3) is 1.00. The normalized spacial score (nSPS) is 39.9. The van der Waals surface area contributed by atoms with Crippen LogP contribution in [0.2, 0.25) is 0 Å². The maximum Gasteiger partial charge on any atom is 0.206 e. The number of hydrogen-bond donors (Lipinski definition) is 1. The highest BCUT2D eigenvalue weighted by atomic mass is 16.8. The van der Waals surface area contributed by atoms with E-state index >= 15 is 0 Å². The second-order valence-corrected chi connectivity index (χ2v) is 3.69. The smallest absolute Gasteiger partial charge is 0.206 e. The Labute approximate surface area is 95.9 Å². The summed E-state index contributed by atoms with van der Waals surface area (Å²) in [6.07, 6.45) is -0.813. The molecule has 1 fully saturated rings. The van der Waals surface area contributed by atoms with Crippen LogP contribution in [0.15, 0.2) is 0 Å². The Morgan fingerprint density at radius 1 is 1.00 bits per heavy atom. The van der Waals surface area contributed by atoms with E-state index in [1.54, 1.807) is 21.3 Å². The van der Waals surface area contributed by atoms with Gasteiger partial charge in [-0.2, -0.15) is 0 Å². The predicted molar refractivity (Wildman–Crippen MR) is 56.6 cm³/mol. The van der Waals surface area contributed by atoms with E-state index in [1.165, 1.54) is 0 Å². The van der Waals surface area contributed by atoms with Crippen LogP contribution < -0.4 is 5.90 Å². The van der Waals surface area contributed by atoms with Gasteiger partial charge in [-0.1, -0.05) is 6.92 Å². The summed E-state index contributed by atoms with van der Waals surface area (Å²) in [6, 6.07) is 0. The van der Waals surface area contributed by atoms with Crippen molar-refractivity contribution in [1.82, 2.24) is 0 Å². The van der Waals surface area contributed by atoms with Crippen molar-refractivity contribution in [2.24, 2.45) is 5.90 Å². The van der Waals surface area contributed by atoms with Gasteiger partial charge >= 0.3 is 0 Å². The largest absolute Gasteiger partial charge is 0.376 e. The van der Waals surface area contributed by atoms with Crippen LogP contribution in [-0.2, 0) is 23.8 Å². The van der Waals surface area contributed by atoms with E-state index in [-0.39, 0.29) is 18.3 Å². The number of nitrogens with two attached hydrogens (primary N) is 1. The van der Waals surface area contributed by atoms with E-state index in [2.05, 4.69) is 0 Å². The van der Waals surface area contributed by atoms with Gasteiger partial charge in [0.25, 0.3) is 0 Å². The second kappa shape index (κ2) is 6.48. The summed E-state index contributed by atoms with van der Waals surface area (Å²) in [5.74, 6) is 5.19. The van der Waals surface area contributed by atoms with Crippen molar-refractivity contribution in [3.63, 3.8) is 0 Å². The molecule has 1 aliphatic heterocycles. The van der Waals surface area contributed by atoms with Crippen LogP contribution in [0.5, 0.6) is 0 Å². The molecule has 6 heteroatoms. The first-order valence-electron chi connectivity index (χ1n) is 5.32. The maximum absolute atomic E-state index is 5.65. The fourth-order valence-electron chi connectivity index (χ4n) is 2.12. The Bertz CT molecular complexity index is 186. The summed E-state index contributed by atoms with van der Waals surface area (Å²) in [6.45, 7) is 2.00. The lowest BCUT2D eigenvalue weighted by Gasteiger charge is -2.43. The van der Waals surface area contributed by atoms with Crippen LogP contribution in [-0.4, -0.2) is 52.0 Å². The van der Waals surface area contributed by atoms with Gasteiger partial charge in [-0.3, -0.25) is 4.84 Å². The monoisotopic (exact) mass is 235 g/mol. The molecule has 0 amide bonds. The van der Waals surface area contributed by atoms with Crippen molar-refractivity contribution in [1.29, 1.82) is 0 Å². The van der Waals surface area contributed by atoms with Crippen LogP contribution in [0, 0.1) is 0 Å². The number of methoxy groups -OCH3 is 3. The first kappa shape index (κ1) is 13.8. The molecule has 0 spiro atoms. The zero-order chi connectivity index (χ0) is 12.1. The van der Waals surface area contributed by atoms with E-state index in [1.807, 2.05) is 6.92 Å². The minimum Gasteiger partial charge on any atom is -0.376 e. The zero-order valence-corrected chi connectivity index (χ0v) is 10.2. The highest BCUT2D eigenvalue weighted by Gasteiger charge is 2.46. The molecule has 0 aromatic carbocycles. The molecule has 1 saturated heterocycles. The van der Waals surface area contributed by atoms with Gasteiger partial charge < -0.3 is 18.9 Å². The van der Waals surface area contributed by atoms with Gasteiger partial charge in [0, 0.05) is 21.3 Å². The van der Waals surface area contributed by atoms with Crippen LogP contribution in [0.3, 0.4) is 0 Å².